The van der Waals surface area contributed by atoms with Gasteiger partial charge in [0.15, 0.2) is 5.65 Å². The second-order valence-corrected chi connectivity index (χ2v) is 4.47. The Morgan fingerprint density at radius 1 is 1.27 bits per heavy atom. The fourth-order valence-corrected chi connectivity index (χ4v) is 1.53. The van der Waals surface area contributed by atoms with E-state index in [1.165, 1.54) is 0 Å². The van der Waals surface area contributed by atoms with Crippen LogP contribution in [0.5, 0.6) is 0 Å². The second kappa shape index (κ2) is 3.18. The van der Waals surface area contributed by atoms with Gasteiger partial charge in [0.1, 0.15) is 0 Å². The van der Waals surface area contributed by atoms with Crippen LogP contribution in [0.4, 0.5) is 5.69 Å². The summed E-state index contributed by atoms with van der Waals surface area (Å²) in [5.74, 6) is 0. The van der Waals surface area contributed by atoms with Crippen molar-refractivity contribution >= 4 is 16.7 Å². The first-order valence-electron chi connectivity index (χ1n) is 4.91. The molecule has 0 aromatic carbocycles. The molecular formula is C10H15N5. The van der Waals surface area contributed by atoms with E-state index in [2.05, 4.69) is 41.4 Å². The molecule has 1 N–H and O–H groups in total. The number of hydrogen-bond donors (Lipinski definition) is 1. The lowest BCUT2D eigenvalue weighted by atomic mass is 10.1. The van der Waals surface area contributed by atoms with Gasteiger partial charge in [-0.05, 0) is 20.8 Å². The molecule has 5 nitrogen and oxygen atoms in total. The minimum atomic E-state index is -0.0806. The van der Waals surface area contributed by atoms with Crippen molar-refractivity contribution in [2.24, 2.45) is 0 Å². The molecule has 0 fully saturated rings. The van der Waals surface area contributed by atoms with Crippen LogP contribution in [0.1, 0.15) is 20.8 Å². The molecule has 0 amide bonds. The summed E-state index contributed by atoms with van der Waals surface area (Å²) in [4.78, 5) is 0. The molecule has 0 aliphatic carbocycles. The first kappa shape index (κ1) is 9.89. The molecule has 0 aliphatic rings. The maximum atomic E-state index is 4.35. The summed E-state index contributed by atoms with van der Waals surface area (Å²) in [6, 6.07) is 0. The van der Waals surface area contributed by atoms with E-state index in [4.69, 9.17) is 0 Å². The highest BCUT2D eigenvalue weighted by molar-refractivity contribution is 5.87. The van der Waals surface area contributed by atoms with Crippen molar-refractivity contribution in [1.82, 2.24) is 20.0 Å². The molecule has 0 atom stereocenters. The fraction of sp³-hybridized carbons (Fsp3) is 0.500. The molecule has 2 heterocycles. The Hall–Kier alpha value is -1.65. The molecule has 2 rings (SSSR count). The Labute approximate surface area is 88.5 Å². The van der Waals surface area contributed by atoms with E-state index >= 15 is 0 Å². The van der Waals surface area contributed by atoms with E-state index in [1.807, 2.05) is 17.9 Å². The number of aromatic nitrogens is 4. The summed E-state index contributed by atoms with van der Waals surface area (Å²) in [6.07, 6.45) is 3.53. The van der Waals surface area contributed by atoms with Crippen molar-refractivity contribution in [3.8, 4) is 0 Å². The topological polar surface area (TPSA) is 55.6 Å². The largest absolute Gasteiger partial charge is 0.386 e. The van der Waals surface area contributed by atoms with Crippen LogP contribution in [0, 0.1) is 0 Å². The average Bonchev–Trinajstić information content (AvgIpc) is 2.59. The molecule has 0 radical (unpaired) electrons. The van der Waals surface area contributed by atoms with E-state index in [1.54, 1.807) is 6.20 Å². The molecule has 2 aromatic rings. The minimum absolute atomic E-state index is 0.0806. The second-order valence-electron chi connectivity index (χ2n) is 4.47. The summed E-state index contributed by atoms with van der Waals surface area (Å²) in [5.41, 5.74) is 1.69. The predicted octanol–water partition coefficient (Wildman–Crippen LogP) is 1.62. The van der Waals surface area contributed by atoms with Gasteiger partial charge >= 0.3 is 0 Å². The summed E-state index contributed by atoms with van der Waals surface area (Å²) < 4.78 is 1.89. The number of nitrogens with zero attached hydrogens (tertiary/aromatic N) is 4. The maximum Gasteiger partial charge on any atom is 0.182 e. The van der Waals surface area contributed by atoms with Crippen LogP contribution < -0.4 is 5.32 Å². The summed E-state index contributed by atoms with van der Waals surface area (Å²) in [5, 5.41) is 16.5. The third kappa shape index (κ3) is 1.54. The predicted molar refractivity (Wildman–Crippen MR) is 59.9 cm³/mol. The highest BCUT2D eigenvalue weighted by atomic mass is 15.4. The third-order valence-electron chi connectivity index (χ3n) is 2.28. The van der Waals surface area contributed by atoms with Crippen LogP contribution in [0.25, 0.3) is 11.0 Å². The monoisotopic (exact) mass is 205 g/mol. The quantitative estimate of drug-likeness (QED) is 0.768. The lowest BCUT2D eigenvalue weighted by Crippen LogP contribution is -2.23. The Morgan fingerprint density at radius 3 is 2.60 bits per heavy atom. The molecular weight excluding hydrogens is 190 g/mol. The summed E-state index contributed by atoms with van der Waals surface area (Å²) >= 11 is 0. The SMILES string of the molecule is CNc1cnnc2c1cnn2C(C)(C)C. The molecule has 0 spiro atoms. The lowest BCUT2D eigenvalue weighted by Gasteiger charge is -2.19. The smallest absolute Gasteiger partial charge is 0.182 e. The Kier molecular flexibility index (Phi) is 2.10. The van der Waals surface area contributed by atoms with Crippen molar-refractivity contribution in [3.63, 3.8) is 0 Å². The Bertz CT molecular complexity index is 480. The average molecular weight is 205 g/mol. The molecule has 2 aromatic heterocycles. The molecule has 5 heteroatoms. The molecule has 0 aliphatic heterocycles. The van der Waals surface area contributed by atoms with Crippen LogP contribution in [0.3, 0.4) is 0 Å². The van der Waals surface area contributed by atoms with Crippen LogP contribution in [0.2, 0.25) is 0 Å². The van der Waals surface area contributed by atoms with E-state index in [9.17, 15) is 0 Å². The van der Waals surface area contributed by atoms with Gasteiger partial charge in [-0.3, -0.25) is 0 Å². The van der Waals surface area contributed by atoms with Gasteiger partial charge in [-0.25, -0.2) is 4.68 Å². The van der Waals surface area contributed by atoms with Gasteiger partial charge in [-0.15, -0.1) is 5.10 Å². The summed E-state index contributed by atoms with van der Waals surface area (Å²) in [6.45, 7) is 6.27. The van der Waals surface area contributed by atoms with Gasteiger partial charge in [0.25, 0.3) is 0 Å². The van der Waals surface area contributed by atoms with E-state index in [0.29, 0.717) is 0 Å². The number of anilines is 1. The van der Waals surface area contributed by atoms with E-state index < -0.39 is 0 Å². The van der Waals surface area contributed by atoms with Crippen molar-refractivity contribution in [1.29, 1.82) is 0 Å². The zero-order valence-corrected chi connectivity index (χ0v) is 9.44. The molecule has 0 saturated carbocycles. The van der Waals surface area contributed by atoms with Gasteiger partial charge in [-0.1, -0.05) is 0 Å². The number of rotatable bonds is 1. The number of hydrogen-bond acceptors (Lipinski definition) is 4. The highest BCUT2D eigenvalue weighted by Crippen LogP contribution is 2.23. The van der Waals surface area contributed by atoms with Crippen LogP contribution >= 0.6 is 0 Å². The van der Waals surface area contributed by atoms with Crippen molar-refractivity contribution < 1.29 is 0 Å². The van der Waals surface area contributed by atoms with Gasteiger partial charge in [-0.2, -0.15) is 10.2 Å². The zero-order valence-electron chi connectivity index (χ0n) is 9.44. The van der Waals surface area contributed by atoms with Crippen molar-refractivity contribution in [2.45, 2.75) is 26.3 Å². The van der Waals surface area contributed by atoms with E-state index in [0.717, 1.165) is 16.7 Å². The maximum absolute atomic E-state index is 4.35. The van der Waals surface area contributed by atoms with Crippen molar-refractivity contribution in [3.05, 3.63) is 12.4 Å². The van der Waals surface area contributed by atoms with Gasteiger partial charge in [0.05, 0.1) is 29.0 Å². The van der Waals surface area contributed by atoms with E-state index in [-0.39, 0.29) is 5.54 Å². The highest BCUT2D eigenvalue weighted by Gasteiger charge is 2.18. The molecule has 0 bridgehead atoms. The number of nitrogens with one attached hydrogen (secondary N) is 1. The Balaban J connectivity index is 2.72. The minimum Gasteiger partial charge on any atom is -0.386 e. The third-order valence-corrected chi connectivity index (χ3v) is 2.28. The van der Waals surface area contributed by atoms with Gasteiger partial charge in [0.2, 0.25) is 0 Å². The molecule has 80 valence electrons. The summed E-state index contributed by atoms with van der Waals surface area (Å²) in [7, 11) is 1.87. The zero-order chi connectivity index (χ0) is 11.1. The van der Waals surface area contributed by atoms with Gasteiger partial charge < -0.3 is 5.32 Å². The normalized spacial score (nSPS) is 12.0. The van der Waals surface area contributed by atoms with Gasteiger partial charge in [0, 0.05) is 7.05 Å². The van der Waals surface area contributed by atoms with Crippen LogP contribution in [0.15, 0.2) is 12.4 Å². The molecule has 15 heavy (non-hydrogen) atoms. The molecule has 0 unspecified atom stereocenters. The fourth-order valence-electron chi connectivity index (χ4n) is 1.53. The van der Waals surface area contributed by atoms with Crippen molar-refractivity contribution in [2.75, 3.05) is 12.4 Å². The Morgan fingerprint density at radius 2 is 2.00 bits per heavy atom. The van der Waals surface area contributed by atoms with Crippen LogP contribution in [-0.4, -0.2) is 27.0 Å². The first-order valence-corrected chi connectivity index (χ1v) is 4.91. The first-order chi connectivity index (χ1) is 7.04. The van der Waals surface area contributed by atoms with Crippen LogP contribution in [-0.2, 0) is 5.54 Å². The number of fused-ring (bicyclic) bond motifs is 1. The molecule has 0 saturated heterocycles. The lowest BCUT2D eigenvalue weighted by molar-refractivity contribution is 0.365. The standard InChI is InChI=1S/C10H15N5/c1-10(2,3)15-9-7(5-13-15)8(11-4)6-12-14-9/h5-6H,1-4H3,(H,11,14).